The van der Waals surface area contributed by atoms with Crippen LogP contribution in [0, 0.1) is 23.2 Å². The van der Waals surface area contributed by atoms with E-state index < -0.39 is 23.2 Å². The third-order valence-corrected chi connectivity index (χ3v) is 7.36. The van der Waals surface area contributed by atoms with Gasteiger partial charge in [0, 0.05) is 18.8 Å². The van der Waals surface area contributed by atoms with Crippen LogP contribution >= 0.6 is 0 Å². The van der Waals surface area contributed by atoms with E-state index in [0.717, 1.165) is 12.0 Å². The number of carbonyl (C=O) groups is 2. The number of rotatable bonds is 6. The normalized spacial score (nSPS) is 38.2. The molecule has 1 aliphatic heterocycles. The molecule has 3 rings (SSSR count). The highest BCUT2D eigenvalue weighted by atomic mass is 16.6. The Balaban J connectivity index is 1.81. The van der Waals surface area contributed by atoms with Crippen molar-refractivity contribution in [3.05, 3.63) is 23.8 Å². The number of aliphatic hydroxyl groups is 2. The van der Waals surface area contributed by atoms with E-state index in [0.29, 0.717) is 25.7 Å². The van der Waals surface area contributed by atoms with Gasteiger partial charge in [-0.25, -0.2) is 0 Å². The van der Waals surface area contributed by atoms with Crippen molar-refractivity contribution < 1.29 is 29.3 Å². The van der Waals surface area contributed by atoms with E-state index in [-0.39, 0.29) is 42.2 Å². The summed E-state index contributed by atoms with van der Waals surface area (Å²) in [7, 11) is 0. The summed E-state index contributed by atoms with van der Waals surface area (Å²) in [6.07, 6.45) is 7.77. The molecule has 6 nitrogen and oxygen atoms in total. The molecule has 2 aliphatic carbocycles. The average Bonchev–Trinajstić information content (AvgIpc) is 2.66. The van der Waals surface area contributed by atoms with Crippen molar-refractivity contribution in [1.82, 2.24) is 0 Å². The Labute approximate surface area is 185 Å². The van der Waals surface area contributed by atoms with Gasteiger partial charge in [0.25, 0.3) is 0 Å². The predicted molar refractivity (Wildman–Crippen MR) is 117 cm³/mol. The molecule has 2 N–H and O–H groups in total. The van der Waals surface area contributed by atoms with E-state index in [2.05, 4.69) is 19.1 Å². The zero-order valence-electron chi connectivity index (χ0n) is 19.5. The molecule has 0 radical (unpaired) electrons. The van der Waals surface area contributed by atoms with Gasteiger partial charge in [0.05, 0.1) is 23.5 Å². The van der Waals surface area contributed by atoms with E-state index in [9.17, 15) is 19.8 Å². The van der Waals surface area contributed by atoms with Crippen molar-refractivity contribution in [3.8, 4) is 0 Å². The van der Waals surface area contributed by atoms with Gasteiger partial charge in [-0.3, -0.25) is 9.59 Å². The highest BCUT2D eigenvalue weighted by Gasteiger charge is 2.46. The molecule has 1 heterocycles. The highest BCUT2D eigenvalue weighted by molar-refractivity contribution is 5.76. The summed E-state index contributed by atoms with van der Waals surface area (Å²) in [4.78, 5) is 24.6. The number of allylic oxidation sites excluding steroid dienone is 2. The van der Waals surface area contributed by atoms with Crippen LogP contribution in [0.5, 0.6) is 0 Å². The van der Waals surface area contributed by atoms with Crippen molar-refractivity contribution in [3.63, 3.8) is 0 Å². The van der Waals surface area contributed by atoms with Gasteiger partial charge >= 0.3 is 11.9 Å². The molecular weight excluding hydrogens is 396 g/mol. The van der Waals surface area contributed by atoms with Crippen LogP contribution in [0.1, 0.15) is 73.1 Å². The molecule has 0 aromatic heterocycles. The summed E-state index contributed by atoms with van der Waals surface area (Å²) in [5.74, 6) is -0.144. The lowest BCUT2D eigenvalue weighted by Crippen LogP contribution is -2.47. The van der Waals surface area contributed by atoms with Gasteiger partial charge in [-0.1, -0.05) is 26.0 Å². The summed E-state index contributed by atoms with van der Waals surface area (Å²) < 4.78 is 11.5. The maximum absolute atomic E-state index is 12.9. The third kappa shape index (κ3) is 5.58. The lowest BCUT2D eigenvalue weighted by atomic mass is 9.64. The largest absolute Gasteiger partial charge is 0.462 e. The molecular formula is C25H38O6. The Hall–Kier alpha value is -1.66. The molecule has 0 aromatic carbocycles. The molecule has 174 valence electrons. The molecule has 0 aromatic rings. The minimum atomic E-state index is -1.04. The fourth-order valence-corrected chi connectivity index (χ4v) is 5.09. The summed E-state index contributed by atoms with van der Waals surface area (Å²) in [5.41, 5.74) is -0.608. The molecule has 0 saturated carbocycles. The number of hydrogen-bond acceptors (Lipinski definition) is 6. The second kappa shape index (κ2) is 9.07. The summed E-state index contributed by atoms with van der Waals surface area (Å²) >= 11 is 0. The molecule has 0 amide bonds. The van der Waals surface area contributed by atoms with Crippen LogP contribution in [-0.2, 0) is 19.1 Å². The van der Waals surface area contributed by atoms with E-state index >= 15 is 0 Å². The van der Waals surface area contributed by atoms with Gasteiger partial charge < -0.3 is 19.7 Å². The molecule has 0 bridgehead atoms. The maximum atomic E-state index is 12.9. The molecule has 0 spiro atoms. The second-order valence-electron chi connectivity index (χ2n) is 10.6. The first-order valence-electron chi connectivity index (χ1n) is 11.6. The summed E-state index contributed by atoms with van der Waals surface area (Å²) in [6.45, 7) is 9.65. The predicted octanol–water partition coefficient (Wildman–Crippen LogP) is 3.70. The van der Waals surface area contributed by atoms with Crippen molar-refractivity contribution in [2.24, 2.45) is 23.2 Å². The van der Waals surface area contributed by atoms with Crippen molar-refractivity contribution in [2.75, 3.05) is 0 Å². The number of carbonyl (C=O) groups excluding carboxylic acids is 2. The lowest BCUT2D eigenvalue weighted by molar-refractivity contribution is -0.168. The van der Waals surface area contributed by atoms with Crippen LogP contribution in [0.15, 0.2) is 23.8 Å². The molecule has 6 heteroatoms. The summed E-state index contributed by atoms with van der Waals surface area (Å²) in [5, 5.41) is 20.7. The number of cyclic esters (lactones) is 1. The first-order chi connectivity index (χ1) is 14.4. The van der Waals surface area contributed by atoms with Crippen molar-refractivity contribution >= 4 is 11.9 Å². The Bertz CT molecular complexity index is 749. The van der Waals surface area contributed by atoms with E-state index in [1.54, 1.807) is 6.92 Å². The molecule has 1 fully saturated rings. The molecule has 31 heavy (non-hydrogen) atoms. The quantitative estimate of drug-likeness (QED) is 0.619. The van der Waals surface area contributed by atoms with Crippen LogP contribution in [0.2, 0.25) is 0 Å². The van der Waals surface area contributed by atoms with Gasteiger partial charge in [0.1, 0.15) is 12.2 Å². The van der Waals surface area contributed by atoms with Crippen LogP contribution in [0.4, 0.5) is 0 Å². The number of ether oxygens (including phenoxy) is 2. The Morgan fingerprint density at radius 3 is 2.71 bits per heavy atom. The number of aliphatic hydroxyl groups excluding tert-OH is 1. The van der Waals surface area contributed by atoms with Crippen LogP contribution in [0.3, 0.4) is 0 Å². The Morgan fingerprint density at radius 1 is 1.35 bits per heavy atom. The maximum Gasteiger partial charge on any atom is 0.311 e. The van der Waals surface area contributed by atoms with Crippen molar-refractivity contribution in [1.29, 1.82) is 0 Å². The average molecular weight is 435 g/mol. The van der Waals surface area contributed by atoms with Gasteiger partial charge in [0.15, 0.2) is 0 Å². The smallest absolute Gasteiger partial charge is 0.311 e. The van der Waals surface area contributed by atoms with Gasteiger partial charge in [-0.15, -0.1) is 0 Å². The molecule has 1 unspecified atom stereocenters. The Morgan fingerprint density at radius 2 is 2.06 bits per heavy atom. The highest BCUT2D eigenvalue weighted by Crippen LogP contribution is 2.46. The van der Waals surface area contributed by atoms with E-state index in [4.69, 9.17) is 9.47 Å². The van der Waals surface area contributed by atoms with Crippen LogP contribution in [0.25, 0.3) is 0 Å². The third-order valence-electron chi connectivity index (χ3n) is 7.36. The fourth-order valence-electron chi connectivity index (χ4n) is 5.09. The lowest BCUT2D eigenvalue weighted by Gasteiger charge is -2.45. The van der Waals surface area contributed by atoms with Crippen LogP contribution in [-0.4, -0.2) is 46.1 Å². The SMILES string of the molecule is CCC(C)(C)C(=O)O[C@H]1C[C@](C)(O)C=C2C=C[C@H](C)[C@H](CC[C@@H]3C[C@@H](O)CC(=O)O3)C21. The Kier molecular flexibility index (Phi) is 7.02. The molecule has 3 aliphatic rings. The van der Waals surface area contributed by atoms with Crippen LogP contribution < -0.4 is 0 Å². The first-order valence-corrected chi connectivity index (χ1v) is 11.6. The monoisotopic (exact) mass is 434 g/mol. The zero-order chi connectivity index (χ0) is 23.0. The molecule has 7 atom stereocenters. The molecule has 1 saturated heterocycles. The minimum Gasteiger partial charge on any atom is -0.462 e. The summed E-state index contributed by atoms with van der Waals surface area (Å²) in [6, 6.07) is 0. The van der Waals surface area contributed by atoms with Gasteiger partial charge in [-0.05, 0) is 63.5 Å². The fraction of sp³-hybridized carbons (Fsp3) is 0.760. The van der Waals surface area contributed by atoms with E-state index in [1.807, 2.05) is 26.8 Å². The second-order valence-corrected chi connectivity index (χ2v) is 10.6. The standard InChI is InChI=1S/C25H38O6/c1-6-24(3,4)23(28)31-20-14-25(5,29)13-16-8-7-15(2)19(22(16)20)10-9-18-11-17(26)12-21(27)30-18/h7-8,13,15,17-20,22,26,29H,6,9-12,14H2,1-5H3/t15-,17+,18+,19-,20-,22?,25+/m0/s1. The number of hydrogen-bond donors (Lipinski definition) is 2. The van der Waals surface area contributed by atoms with Gasteiger partial charge in [-0.2, -0.15) is 0 Å². The first kappa shape index (κ1) is 24.0. The number of esters is 2. The van der Waals surface area contributed by atoms with Gasteiger partial charge in [0.2, 0.25) is 0 Å². The zero-order valence-corrected chi connectivity index (χ0v) is 19.5. The topological polar surface area (TPSA) is 93.1 Å². The van der Waals surface area contributed by atoms with Crippen molar-refractivity contribution in [2.45, 2.75) is 97.1 Å². The van der Waals surface area contributed by atoms with E-state index in [1.165, 1.54) is 0 Å². The number of fused-ring (bicyclic) bond motifs is 1. The minimum absolute atomic E-state index is 0.0129.